The van der Waals surface area contributed by atoms with E-state index in [-0.39, 0.29) is 29.3 Å². The highest BCUT2D eigenvalue weighted by Gasteiger charge is 2.17. The highest BCUT2D eigenvalue weighted by atomic mass is 19.1. The molecule has 0 N–H and O–H groups in total. The number of hydrogen-bond acceptors (Lipinski definition) is 5. The van der Waals surface area contributed by atoms with Gasteiger partial charge in [0.05, 0.1) is 16.5 Å². The zero-order valence-electron chi connectivity index (χ0n) is 14.9. The summed E-state index contributed by atoms with van der Waals surface area (Å²) in [5.74, 6) is -2.11. The summed E-state index contributed by atoms with van der Waals surface area (Å²) in [6.45, 7) is 1.58. The van der Waals surface area contributed by atoms with Gasteiger partial charge in [-0.3, -0.25) is 13.8 Å². The van der Waals surface area contributed by atoms with Crippen LogP contribution in [0.3, 0.4) is 0 Å². The first kappa shape index (κ1) is 17.8. The second-order valence-corrected chi connectivity index (χ2v) is 6.37. The fourth-order valence-corrected chi connectivity index (χ4v) is 3.04. The van der Waals surface area contributed by atoms with Crippen LogP contribution in [0.1, 0.15) is 21.7 Å². The smallest absolute Gasteiger partial charge is 0.338 e. The average Bonchev–Trinajstić information content (AvgIpc) is 3.07. The van der Waals surface area contributed by atoms with Crippen LogP contribution in [0.2, 0.25) is 0 Å². The van der Waals surface area contributed by atoms with Crippen LogP contribution in [-0.2, 0) is 18.4 Å². The maximum atomic E-state index is 13.3. The largest absolute Gasteiger partial charge is 0.454 e. The van der Waals surface area contributed by atoms with E-state index >= 15 is 0 Å². The lowest BCUT2D eigenvalue weighted by Crippen LogP contribution is -2.20. The van der Waals surface area contributed by atoms with Crippen LogP contribution in [0.15, 0.2) is 41.2 Å². The first-order valence-electron chi connectivity index (χ1n) is 8.32. The minimum absolute atomic E-state index is 0.225. The van der Waals surface area contributed by atoms with Crippen LogP contribution < -0.4 is 5.56 Å². The molecule has 0 aliphatic heterocycles. The summed E-state index contributed by atoms with van der Waals surface area (Å²) in [6, 6.07) is 7.78. The van der Waals surface area contributed by atoms with Crippen LogP contribution in [0, 0.1) is 18.6 Å². The Balaban J connectivity index is 1.75. The van der Waals surface area contributed by atoms with Gasteiger partial charge in [0, 0.05) is 13.1 Å². The molecular weight excluding hydrogens is 370 g/mol. The van der Waals surface area contributed by atoms with Gasteiger partial charge in [0.2, 0.25) is 5.78 Å². The summed E-state index contributed by atoms with van der Waals surface area (Å²) in [7, 11) is 1.57. The van der Waals surface area contributed by atoms with Gasteiger partial charge in [-0.05, 0) is 31.2 Å². The number of benzene rings is 2. The number of nitrogens with zero attached hydrogens (tertiary/aromatic N) is 4. The fraction of sp³-hybridized carbons (Fsp3) is 0.158. The molecule has 7 nitrogen and oxygen atoms in total. The molecule has 0 radical (unpaired) electrons. The van der Waals surface area contributed by atoms with Crippen LogP contribution in [-0.4, -0.2) is 25.1 Å². The monoisotopic (exact) mass is 384 g/mol. The molecule has 2 heterocycles. The molecule has 0 fully saturated rings. The molecule has 2 aromatic heterocycles. The molecule has 0 unspecified atom stereocenters. The molecule has 9 heteroatoms. The number of carbonyl (C=O) groups is 1. The second-order valence-electron chi connectivity index (χ2n) is 6.37. The van der Waals surface area contributed by atoms with Crippen molar-refractivity contribution in [3.8, 4) is 0 Å². The Labute approximate surface area is 156 Å². The average molecular weight is 384 g/mol. The summed E-state index contributed by atoms with van der Waals surface area (Å²) in [4.78, 5) is 24.7. The molecule has 0 atom stereocenters. The van der Waals surface area contributed by atoms with E-state index in [4.69, 9.17) is 4.74 Å². The number of hydrogen-bond donors (Lipinski definition) is 0. The molecular formula is C19H14F2N4O3. The Bertz CT molecular complexity index is 1290. The number of esters is 1. The van der Waals surface area contributed by atoms with Gasteiger partial charge >= 0.3 is 5.97 Å². The summed E-state index contributed by atoms with van der Waals surface area (Å²) in [6.07, 6.45) is 0. The van der Waals surface area contributed by atoms with Gasteiger partial charge in [-0.25, -0.2) is 13.6 Å². The van der Waals surface area contributed by atoms with E-state index in [9.17, 15) is 18.4 Å². The van der Waals surface area contributed by atoms with Gasteiger partial charge in [0.15, 0.2) is 12.4 Å². The number of carbonyl (C=O) groups excluding carboxylic acids is 1. The third kappa shape index (κ3) is 2.90. The van der Waals surface area contributed by atoms with Gasteiger partial charge in [-0.1, -0.05) is 11.6 Å². The van der Waals surface area contributed by atoms with Crippen LogP contribution in [0.4, 0.5) is 8.78 Å². The van der Waals surface area contributed by atoms with Gasteiger partial charge in [0.25, 0.3) is 5.56 Å². The quantitative estimate of drug-likeness (QED) is 0.507. The standard InChI is InChI=1S/C19H14F2N4O3/c1-10-3-4-15-14(5-10)17(26)24(2)19-23-22-16(25(15)19)9-28-18(27)11-6-12(20)8-13(21)7-11/h3-8H,9H2,1-2H3. The molecule has 142 valence electrons. The highest BCUT2D eigenvalue weighted by Crippen LogP contribution is 2.17. The van der Waals surface area contributed by atoms with E-state index in [1.54, 1.807) is 23.6 Å². The number of rotatable bonds is 3. The topological polar surface area (TPSA) is 78.5 Å². The minimum atomic E-state index is -0.903. The van der Waals surface area contributed by atoms with Crippen LogP contribution >= 0.6 is 0 Å². The van der Waals surface area contributed by atoms with Crippen molar-refractivity contribution < 1.29 is 18.3 Å². The molecule has 0 saturated heterocycles. The predicted octanol–water partition coefficient (Wildman–Crippen LogP) is 2.52. The molecule has 2 aromatic carbocycles. The van der Waals surface area contributed by atoms with E-state index in [1.165, 1.54) is 4.57 Å². The SMILES string of the molecule is Cc1ccc2c(c1)c(=O)n(C)c1nnc(COC(=O)c3cc(F)cc(F)c3)n21. The van der Waals surface area contributed by atoms with Gasteiger partial charge < -0.3 is 4.74 Å². The number of fused-ring (bicyclic) bond motifs is 3. The summed E-state index contributed by atoms with van der Waals surface area (Å²) >= 11 is 0. The Kier molecular flexibility index (Phi) is 4.14. The second kappa shape index (κ2) is 6.52. The number of halogens is 2. The van der Waals surface area contributed by atoms with Crippen LogP contribution in [0.5, 0.6) is 0 Å². The van der Waals surface area contributed by atoms with Crippen LogP contribution in [0.25, 0.3) is 16.7 Å². The molecule has 0 spiro atoms. The van der Waals surface area contributed by atoms with Crippen molar-refractivity contribution in [1.29, 1.82) is 0 Å². The third-order valence-electron chi connectivity index (χ3n) is 4.37. The minimum Gasteiger partial charge on any atom is -0.454 e. The number of aromatic nitrogens is 4. The highest BCUT2D eigenvalue weighted by molar-refractivity contribution is 5.89. The lowest BCUT2D eigenvalue weighted by Gasteiger charge is -2.09. The van der Waals surface area contributed by atoms with Crippen molar-refractivity contribution in [2.45, 2.75) is 13.5 Å². The normalized spacial score (nSPS) is 11.3. The van der Waals surface area contributed by atoms with E-state index < -0.39 is 17.6 Å². The van der Waals surface area contributed by atoms with Crippen molar-refractivity contribution in [1.82, 2.24) is 19.2 Å². The van der Waals surface area contributed by atoms with Gasteiger partial charge in [-0.2, -0.15) is 0 Å². The van der Waals surface area contributed by atoms with Gasteiger partial charge in [0.1, 0.15) is 11.6 Å². The van der Waals surface area contributed by atoms with Gasteiger partial charge in [-0.15, -0.1) is 10.2 Å². The summed E-state index contributed by atoms with van der Waals surface area (Å²) in [5, 5.41) is 8.46. The molecule has 4 rings (SSSR count). The van der Waals surface area contributed by atoms with Crippen molar-refractivity contribution in [2.24, 2.45) is 7.05 Å². The Morgan fingerprint density at radius 3 is 2.54 bits per heavy atom. The Hall–Kier alpha value is -3.62. The number of aryl methyl sites for hydroxylation is 2. The molecule has 28 heavy (non-hydrogen) atoms. The Morgan fingerprint density at radius 2 is 1.82 bits per heavy atom. The zero-order chi connectivity index (χ0) is 20.0. The summed E-state index contributed by atoms with van der Waals surface area (Å²) < 4.78 is 34.7. The molecule has 0 aliphatic carbocycles. The maximum Gasteiger partial charge on any atom is 0.338 e. The number of ether oxygens (including phenoxy) is 1. The van der Waals surface area contributed by atoms with Crippen molar-refractivity contribution in [3.63, 3.8) is 0 Å². The third-order valence-corrected chi connectivity index (χ3v) is 4.37. The molecule has 0 aliphatic rings. The molecule has 0 amide bonds. The van der Waals surface area contributed by atoms with Crippen molar-refractivity contribution >= 4 is 22.6 Å². The first-order valence-corrected chi connectivity index (χ1v) is 8.32. The van der Waals surface area contributed by atoms with E-state index in [1.807, 2.05) is 13.0 Å². The lowest BCUT2D eigenvalue weighted by molar-refractivity contribution is 0.0460. The summed E-state index contributed by atoms with van der Waals surface area (Å²) in [5.41, 5.74) is 1.01. The predicted molar refractivity (Wildman–Crippen MR) is 95.9 cm³/mol. The zero-order valence-corrected chi connectivity index (χ0v) is 14.9. The van der Waals surface area contributed by atoms with E-state index in [0.717, 1.165) is 17.7 Å². The lowest BCUT2D eigenvalue weighted by atomic mass is 10.1. The first-order chi connectivity index (χ1) is 13.3. The fourth-order valence-electron chi connectivity index (χ4n) is 3.04. The Morgan fingerprint density at radius 1 is 1.11 bits per heavy atom. The van der Waals surface area contributed by atoms with Crippen molar-refractivity contribution in [2.75, 3.05) is 0 Å². The molecule has 0 saturated carbocycles. The molecule has 4 aromatic rings. The van der Waals surface area contributed by atoms with E-state index in [0.29, 0.717) is 17.0 Å². The van der Waals surface area contributed by atoms with E-state index in [2.05, 4.69) is 10.2 Å². The maximum absolute atomic E-state index is 13.3. The molecule has 0 bridgehead atoms. The van der Waals surface area contributed by atoms with Crippen molar-refractivity contribution in [3.05, 3.63) is 75.3 Å².